The van der Waals surface area contributed by atoms with Gasteiger partial charge in [0.15, 0.2) is 5.13 Å². The lowest BCUT2D eigenvalue weighted by Crippen LogP contribution is -2.21. The van der Waals surface area contributed by atoms with Gasteiger partial charge in [0.25, 0.3) is 0 Å². The molecule has 0 saturated heterocycles. The SMILES string of the molecule is COC(CCCCCO)Nc1nc(-c2ccc(O)cc2O)cs1. The summed E-state index contributed by atoms with van der Waals surface area (Å²) >= 11 is 1.43. The summed E-state index contributed by atoms with van der Waals surface area (Å²) in [6.45, 7) is 0.219. The Morgan fingerprint density at radius 2 is 2.09 bits per heavy atom. The number of hydrogen-bond donors (Lipinski definition) is 4. The zero-order valence-corrected chi connectivity index (χ0v) is 13.8. The fraction of sp³-hybridized carbons (Fsp3) is 0.438. The number of aliphatic hydroxyl groups is 1. The van der Waals surface area contributed by atoms with Crippen LogP contribution in [0.1, 0.15) is 25.7 Å². The van der Waals surface area contributed by atoms with Crippen molar-refractivity contribution in [1.82, 2.24) is 4.98 Å². The zero-order valence-electron chi connectivity index (χ0n) is 13.0. The maximum atomic E-state index is 9.89. The van der Waals surface area contributed by atoms with E-state index >= 15 is 0 Å². The second-order valence-electron chi connectivity index (χ2n) is 5.18. The molecule has 1 unspecified atom stereocenters. The molecule has 7 heteroatoms. The lowest BCUT2D eigenvalue weighted by Gasteiger charge is -2.16. The first kappa shape index (κ1) is 17.5. The maximum absolute atomic E-state index is 9.89. The van der Waals surface area contributed by atoms with E-state index in [2.05, 4.69) is 10.3 Å². The second-order valence-corrected chi connectivity index (χ2v) is 6.04. The number of hydrogen-bond acceptors (Lipinski definition) is 7. The van der Waals surface area contributed by atoms with E-state index in [9.17, 15) is 10.2 Å². The molecule has 1 atom stereocenters. The van der Waals surface area contributed by atoms with Crippen LogP contribution in [0, 0.1) is 0 Å². The second kappa shape index (κ2) is 8.71. The Bertz CT molecular complexity index is 618. The standard InChI is InChI=1S/C16H22N2O4S/c1-22-15(5-3-2-4-8-19)18-16-17-13(10-23-16)12-7-6-11(20)9-14(12)21/h6-7,9-10,15,19-21H,2-5,8H2,1H3,(H,17,18). The number of nitrogens with zero attached hydrogens (tertiary/aromatic N) is 1. The molecular weight excluding hydrogens is 316 g/mol. The first-order valence-electron chi connectivity index (χ1n) is 7.52. The van der Waals surface area contributed by atoms with Gasteiger partial charge in [0.1, 0.15) is 17.7 Å². The van der Waals surface area contributed by atoms with E-state index < -0.39 is 0 Å². The third kappa shape index (κ3) is 5.09. The number of aromatic nitrogens is 1. The predicted octanol–water partition coefficient (Wildman–Crippen LogP) is 3.16. The van der Waals surface area contributed by atoms with Gasteiger partial charge in [-0.25, -0.2) is 4.98 Å². The van der Waals surface area contributed by atoms with Gasteiger partial charge in [-0.1, -0.05) is 6.42 Å². The third-order valence-electron chi connectivity index (χ3n) is 3.45. The van der Waals surface area contributed by atoms with E-state index in [1.165, 1.54) is 23.5 Å². The minimum Gasteiger partial charge on any atom is -0.508 e. The van der Waals surface area contributed by atoms with E-state index in [0.29, 0.717) is 16.4 Å². The van der Waals surface area contributed by atoms with Crippen molar-refractivity contribution in [2.45, 2.75) is 31.9 Å². The molecule has 23 heavy (non-hydrogen) atoms. The lowest BCUT2D eigenvalue weighted by molar-refractivity contribution is 0.115. The molecule has 6 nitrogen and oxygen atoms in total. The molecule has 1 aromatic heterocycles. The van der Waals surface area contributed by atoms with Crippen molar-refractivity contribution in [3.8, 4) is 22.8 Å². The molecule has 0 spiro atoms. The highest BCUT2D eigenvalue weighted by molar-refractivity contribution is 7.14. The first-order chi connectivity index (χ1) is 11.1. The van der Waals surface area contributed by atoms with Crippen LogP contribution in [-0.4, -0.2) is 40.2 Å². The van der Waals surface area contributed by atoms with E-state index in [1.807, 2.05) is 5.38 Å². The van der Waals surface area contributed by atoms with E-state index in [1.54, 1.807) is 13.2 Å². The van der Waals surface area contributed by atoms with Gasteiger partial charge in [0.05, 0.1) is 5.69 Å². The van der Waals surface area contributed by atoms with E-state index in [-0.39, 0.29) is 24.3 Å². The molecule has 1 aromatic carbocycles. The minimum atomic E-state index is -0.138. The summed E-state index contributed by atoms with van der Waals surface area (Å²) in [6.07, 6.45) is 3.42. The van der Waals surface area contributed by atoms with Crippen molar-refractivity contribution < 1.29 is 20.1 Å². The van der Waals surface area contributed by atoms with E-state index in [0.717, 1.165) is 25.7 Å². The largest absolute Gasteiger partial charge is 0.508 e. The number of unbranched alkanes of at least 4 members (excludes halogenated alkanes) is 2. The number of anilines is 1. The smallest absolute Gasteiger partial charge is 0.185 e. The normalized spacial score (nSPS) is 12.3. The summed E-state index contributed by atoms with van der Waals surface area (Å²) in [5.41, 5.74) is 1.22. The molecule has 0 aliphatic heterocycles. The number of methoxy groups -OCH3 is 1. The highest BCUT2D eigenvalue weighted by Gasteiger charge is 2.12. The number of benzene rings is 1. The molecule has 0 aliphatic rings. The molecule has 2 aromatic rings. The quantitative estimate of drug-likeness (QED) is 0.414. The van der Waals surface area contributed by atoms with E-state index in [4.69, 9.17) is 9.84 Å². The fourth-order valence-electron chi connectivity index (χ4n) is 2.21. The number of aromatic hydroxyl groups is 2. The zero-order chi connectivity index (χ0) is 16.7. The average Bonchev–Trinajstić information content (AvgIpc) is 2.98. The molecule has 0 bridgehead atoms. The number of thiazole rings is 1. The highest BCUT2D eigenvalue weighted by Crippen LogP contribution is 2.34. The van der Waals surface area contributed by atoms with Gasteiger partial charge in [-0.2, -0.15) is 0 Å². The summed E-state index contributed by atoms with van der Waals surface area (Å²) in [7, 11) is 1.64. The van der Waals surface area contributed by atoms with Crippen LogP contribution in [0.4, 0.5) is 5.13 Å². The van der Waals surface area contributed by atoms with Gasteiger partial charge < -0.3 is 25.4 Å². The molecule has 0 amide bonds. The van der Waals surface area contributed by atoms with Gasteiger partial charge >= 0.3 is 0 Å². The number of phenols is 2. The molecule has 2 rings (SSSR count). The first-order valence-corrected chi connectivity index (χ1v) is 8.40. The summed E-state index contributed by atoms with van der Waals surface area (Å²) in [4.78, 5) is 4.45. The Morgan fingerprint density at radius 1 is 1.26 bits per heavy atom. The van der Waals surface area contributed by atoms with Gasteiger partial charge in [0, 0.05) is 30.7 Å². The van der Waals surface area contributed by atoms with Crippen molar-refractivity contribution in [2.24, 2.45) is 0 Å². The Hall–Kier alpha value is -1.83. The number of nitrogens with one attached hydrogen (secondary N) is 1. The van der Waals surface area contributed by atoms with Crippen LogP contribution in [0.25, 0.3) is 11.3 Å². The predicted molar refractivity (Wildman–Crippen MR) is 90.9 cm³/mol. The van der Waals surface area contributed by atoms with Crippen LogP contribution in [0.15, 0.2) is 23.6 Å². The summed E-state index contributed by atoms with van der Waals surface area (Å²) in [6, 6.07) is 4.44. The van der Waals surface area contributed by atoms with Gasteiger partial charge in [-0.05, 0) is 31.4 Å². The highest BCUT2D eigenvalue weighted by atomic mass is 32.1. The van der Waals surface area contributed by atoms with Crippen LogP contribution in [0.5, 0.6) is 11.5 Å². The van der Waals surface area contributed by atoms with Crippen molar-refractivity contribution >= 4 is 16.5 Å². The molecule has 126 valence electrons. The van der Waals surface area contributed by atoms with Crippen LogP contribution in [0.2, 0.25) is 0 Å². The summed E-state index contributed by atoms with van der Waals surface area (Å²) in [5, 5.41) is 33.8. The third-order valence-corrected chi connectivity index (χ3v) is 4.23. The molecular formula is C16H22N2O4S. The Labute approximate surface area is 139 Å². The molecule has 4 N–H and O–H groups in total. The summed E-state index contributed by atoms with van der Waals surface area (Å²) in [5.74, 6) is 0.0105. The molecule has 1 heterocycles. The molecule has 0 fully saturated rings. The lowest BCUT2D eigenvalue weighted by atomic mass is 10.1. The Kier molecular flexibility index (Phi) is 6.64. The molecule has 0 saturated carbocycles. The van der Waals surface area contributed by atoms with Gasteiger partial charge in [-0.15, -0.1) is 11.3 Å². The fourth-order valence-corrected chi connectivity index (χ4v) is 2.96. The van der Waals surface area contributed by atoms with Crippen molar-refractivity contribution in [2.75, 3.05) is 19.0 Å². The van der Waals surface area contributed by atoms with Crippen LogP contribution in [-0.2, 0) is 4.74 Å². The monoisotopic (exact) mass is 338 g/mol. The maximum Gasteiger partial charge on any atom is 0.185 e. The number of phenolic OH excluding ortho intramolecular Hbond substituents is 2. The van der Waals surface area contributed by atoms with Gasteiger partial charge in [-0.3, -0.25) is 0 Å². The van der Waals surface area contributed by atoms with Crippen LogP contribution < -0.4 is 5.32 Å². The van der Waals surface area contributed by atoms with Crippen LogP contribution in [0.3, 0.4) is 0 Å². The Morgan fingerprint density at radius 3 is 2.78 bits per heavy atom. The van der Waals surface area contributed by atoms with Crippen LogP contribution >= 0.6 is 11.3 Å². The number of aliphatic hydroxyl groups excluding tert-OH is 1. The van der Waals surface area contributed by atoms with Crippen molar-refractivity contribution in [1.29, 1.82) is 0 Å². The average molecular weight is 338 g/mol. The number of ether oxygens (including phenoxy) is 1. The summed E-state index contributed by atoms with van der Waals surface area (Å²) < 4.78 is 5.40. The topological polar surface area (TPSA) is 94.8 Å². The molecule has 0 aliphatic carbocycles. The number of rotatable bonds is 9. The van der Waals surface area contributed by atoms with Gasteiger partial charge in [0.2, 0.25) is 0 Å². The molecule has 0 radical (unpaired) electrons. The van der Waals surface area contributed by atoms with Crippen molar-refractivity contribution in [3.05, 3.63) is 23.6 Å². The van der Waals surface area contributed by atoms with Crippen molar-refractivity contribution in [3.63, 3.8) is 0 Å². The minimum absolute atomic E-state index is 0.00542. The Balaban J connectivity index is 1.98.